The van der Waals surface area contributed by atoms with E-state index in [0.29, 0.717) is 17.8 Å². The van der Waals surface area contributed by atoms with Crippen molar-refractivity contribution in [1.82, 2.24) is 10.2 Å². The molecule has 2 rings (SSSR count). The van der Waals surface area contributed by atoms with Crippen LogP contribution >= 0.6 is 0 Å². The fourth-order valence-corrected chi connectivity index (χ4v) is 2.75. The van der Waals surface area contributed by atoms with Gasteiger partial charge in [0.15, 0.2) is 0 Å². The Labute approximate surface area is 148 Å². The molecule has 1 aliphatic heterocycles. The number of hydrogen-bond donors (Lipinski definition) is 2. The molecule has 0 bridgehead atoms. The third kappa shape index (κ3) is 5.17. The number of esters is 1. The molecule has 2 N–H and O–H groups in total. The van der Waals surface area contributed by atoms with Gasteiger partial charge in [0.2, 0.25) is 0 Å². The minimum atomic E-state index is -0.433. The van der Waals surface area contributed by atoms with Crippen molar-refractivity contribution in [3.8, 4) is 0 Å². The molecule has 1 aliphatic rings. The molecule has 138 valence electrons. The van der Waals surface area contributed by atoms with Crippen LogP contribution in [0.3, 0.4) is 0 Å². The second kappa shape index (κ2) is 8.31. The van der Waals surface area contributed by atoms with Gasteiger partial charge >= 0.3 is 12.0 Å². The van der Waals surface area contributed by atoms with Gasteiger partial charge in [0, 0.05) is 30.9 Å². The molecule has 0 atom stereocenters. The Morgan fingerprint density at radius 3 is 2.60 bits per heavy atom. The van der Waals surface area contributed by atoms with E-state index in [2.05, 4.69) is 29.4 Å². The molecule has 0 unspecified atom stereocenters. The number of carbonyl (C=O) groups excluding carboxylic acids is 2. The number of ether oxygens (including phenoxy) is 2. The fourth-order valence-electron chi connectivity index (χ4n) is 2.75. The van der Waals surface area contributed by atoms with E-state index in [9.17, 15) is 9.59 Å². The van der Waals surface area contributed by atoms with Gasteiger partial charge in [-0.3, -0.25) is 4.90 Å². The Morgan fingerprint density at radius 1 is 1.28 bits per heavy atom. The third-order valence-electron chi connectivity index (χ3n) is 4.46. The monoisotopic (exact) mass is 349 g/mol. The molecule has 7 heteroatoms. The van der Waals surface area contributed by atoms with E-state index in [1.807, 2.05) is 6.92 Å². The number of nitrogens with zero attached hydrogens (tertiary/aromatic N) is 1. The Balaban J connectivity index is 1.94. The van der Waals surface area contributed by atoms with Crippen LogP contribution in [0.4, 0.5) is 10.5 Å². The second-order valence-corrected chi connectivity index (χ2v) is 6.74. The van der Waals surface area contributed by atoms with Gasteiger partial charge in [-0.15, -0.1) is 0 Å². The van der Waals surface area contributed by atoms with E-state index in [1.54, 1.807) is 18.2 Å². The number of rotatable bonds is 5. The zero-order chi connectivity index (χ0) is 18.4. The van der Waals surface area contributed by atoms with E-state index in [0.717, 1.165) is 31.9 Å². The van der Waals surface area contributed by atoms with Crippen molar-refractivity contribution in [1.29, 1.82) is 0 Å². The Hall–Kier alpha value is -2.12. The average Bonchev–Trinajstić information content (AvgIpc) is 2.62. The molecule has 0 aromatic heterocycles. The maximum absolute atomic E-state index is 12.3. The quantitative estimate of drug-likeness (QED) is 0.795. The van der Waals surface area contributed by atoms with Crippen LogP contribution in [-0.4, -0.2) is 62.4 Å². The first kappa shape index (κ1) is 19.2. The van der Waals surface area contributed by atoms with E-state index in [-0.39, 0.29) is 11.6 Å². The van der Waals surface area contributed by atoms with Crippen LogP contribution in [0.5, 0.6) is 0 Å². The highest BCUT2D eigenvalue weighted by Crippen LogP contribution is 2.18. The molecular weight excluding hydrogens is 322 g/mol. The van der Waals surface area contributed by atoms with Crippen molar-refractivity contribution in [3.63, 3.8) is 0 Å². The number of hydrogen-bond acceptors (Lipinski definition) is 5. The zero-order valence-electron chi connectivity index (χ0n) is 15.3. The Morgan fingerprint density at radius 2 is 1.96 bits per heavy atom. The summed E-state index contributed by atoms with van der Waals surface area (Å²) in [5.74, 6) is -0.433. The van der Waals surface area contributed by atoms with Crippen LogP contribution in [0.1, 0.15) is 29.8 Å². The van der Waals surface area contributed by atoms with Crippen LogP contribution in [0.2, 0.25) is 0 Å². The lowest BCUT2D eigenvalue weighted by Crippen LogP contribution is -2.55. The van der Waals surface area contributed by atoms with E-state index in [4.69, 9.17) is 9.47 Å². The highest BCUT2D eigenvalue weighted by molar-refractivity contribution is 5.94. The zero-order valence-corrected chi connectivity index (χ0v) is 15.3. The number of carbonyl (C=O) groups is 2. The number of aryl methyl sites for hydroxylation is 1. The van der Waals surface area contributed by atoms with Gasteiger partial charge in [0.05, 0.1) is 25.9 Å². The van der Waals surface area contributed by atoms with Crippen molar-refractivity contribution in [2.45, 2.75) is 26.3 Å². The summed E-state index contributed by atoms with van der Waals surface area (Å²) in [4.78, 5) is 26.2. The highest BCUT2D eigenvalue weighted by Gasteiger charge is 2.28. The highest BCUT2D eigenvalue weighted by atomic mass is 16.5. The van der Waals surface area contributed by atoms with Crippen molar-refractivity contribution < 1.29 is 19.1 Å². The van der Waals surface area contributed by atoms with Gasteiger partial charge in [0.1, 0.15) is 0 Å². The van der Waals surface area contributed by atoms with Crippen LogP contribution in [0.25, 0.3) is 0 Å². The van der Waals surface area contributed by atoms with Crippen molar-refractivity contribution in [2.75, 3.05) is 45.3 Å². The molecule has 1 fully saturated rings. The van der Waals surface area contributed by atoms with Gasteiger partial charge in [-0.25, -0.2) is 9.59 Å². The predicted molar refractivity (Wildman–Crippen MR) is 96.0 cm³/mol. The summed E-state index contributed by atoms with van der Waals surface area (Å²) in [5, 5.41) is 5.71. The number of amides is 2. The summed E-state index contributed by atoms with van der Waals surface area (Å²) in [7, 11) is 1.33. The number of urea groups is 1. The van der Waals surface area contributed by atoms with E-state index in [1.165, 1.54) is 7.11 Å². The average molecular weight is 349 g/mol. The molecular formula is C18H27N3O4. The molecule has 1 saturated heterocycles. The summed E-state index contributed by atoms with van der Waals surface area (Å²) in [5.41, 5.74) is 1.70. The smallest absolute Gasteiger partial charge is 0.337 e. The van der Waals surface area contributed by atoms with E-state index >= 15 is 0 Å². The lowest BCUT2D eigenvalue weighted by molar-refractivity contribution is -0.00863. The molecule has 0 radical (unpaired) electrons. The molecule has 1 heterocycles. The number of benzene rings is 1. The molecule has 2 amide bonds. The lowest BCUT2D eigenvalue weighted by atomic mass is 10.0. The van der Waals surface area contributed by atoms with Crippen molar-refractivity contribution in [3.05, 3.63) is 29.3 Å². The lowest BCUT2D eigenvalue weighted by Gasteiger charge is -2.40. The topological polar surface area (TPSA) is 79.9 Å². The first-order chi connectivity index (χ1) is 11.8. The molecule has 25 heavy (non-hydrogen) atoms. The SMILES string of the molecule is COC(=O)c1ccc(C)c(NC(=O)NCC(C)(C)N2CCOCC2)c1. The summed E-state index contributed by atoms with van der Waals surface area (Å²) in [6.07, 6.45) is 0. The number of nitrogens with one attached hydrogen (secondary N) is 2. The minimum Gasteiger partial charge on any atom is -0.465 e. The number of anilines is 1. The van der Waals surface area contributed by atoms with Gasteiger partial charge < -0.3 is 20.1 Å². The van der Waals surface area contributed by atoms with Gasteiger partial charge in [-0.1, -0.05) is 6.07 Å². The summed E-state index contributed by atoms with van der Waals surface area (Å²) < 4.78 is 10.1. The fraction of sp³-hybridized carbons (Fsp3) is 0.556. The second-order valence-electron chi connectivity index (χ2n) is 6.74. The maximum Gasteiger partial charge on any atom is 0.337 e. The molecule has 1 aromatic carbocycles. The molecule has 1 aromatic rings. The molecule has 0 saturated carbocycles. The summed E-state index contributed by atoms with van der Waals surface area (Å²) in [6.45, 7) is 9.73. The molecule has 0 aliphatic carbocycles. The van der Waals surface area contributed by atoms with Crippen LogP contribution < -0.4 is 10.6 Å². The summed E-state index contributed by atoms with van der Waals surface area (Å²) >= 11 is 0. The number of morpholine rings is 1. The molecule has 0 spiro atoms. The van der Waals surface area contributed by atoms with Crippen molar-refractivity contribution >= 4 is 17.7 Å². The Bertz CT molecular complexity index is 625. The van der Waals surface area contributed by atoms with Gasteiger partial charge in [-0.2, -0.15) is 0 Å². The normalized spacial score (nSPS) is 15.5. The van der Waals surface area contributed by atoms with Gasteiger partial charge in [-0.05, 0) is 38.5 Å². The molecule has 7 nitrogen and oxygen atoms in total. The predicted octanol–water partition coefficient (Wildman–Crippen LogP) is 2.01. The van der Waals surface area contributed by atoms with Crippen LogP contribution in [0, 0.1) is 6.92 Å². The van der Waals surface area contributed by atoms with E-state index < -0.39 is 5.97 Å². The first-order valence-electron chi connectivity index (χ1n) is 8.40. The summed E-state index contributed by atoms with van der Waals surface area (Å²) in [6, 6.07) is 4.77. The Kier molecular flexibility index (Phi) is 6.39. The third-order valence-corrected chi connectivity index (χ3v) is 4.46. The van der Waals surface area contributed by atoms with Crippen LogP contribution in [0.15, 0.2) is 18.2 Å². The van der Waals surface area contributed by atoms with Gasteiger partial charge in [0.25, 0.3) is 0 Å². The number of methoxy groups -OCH3 is 1. The van der Waals surface area contributed by atoms with Crippen molar-refractivity contribution in [2.24, 2.45) is 0 Å². The maximum atomic E-state index is 12.3. The first-order valence-corrected chi connectivity index (χ1v) is 8.40. The minimum absolute atomic E-state index is 0.163. The largest absolute Gasteiger partial charge is 0.465 e. The standard InChI is InChI=1S/C18H27N3O4/c1-13-5-6-14(16(22)24-4)11-15(13)20-17(23)19-12-18(2,3)21-7-9-25-10-8-21/h5-6,11H,7-10,12H2,1-4H3,(H2,19,20,23). The van der Waals surface area contributed by atoms with Crippen LogP contribution in [-0.2, 0) is 9.47 Å².